The highest BCUT2D eigenvalue weighted by molar-refractivity contribution is 5.66. The molecule has 0 atom stereocenters. The highest BCUT2D eigenvalue weighted by Gasteiger charge is 2.26. The molecule has 0 saturated heterocycles. The molecule has 2 heteroatoms. The lowest BCUT2D eigenvalue weighted by Crippen LogP contribution is -2.19. The molecule has 0 spiro atoms. The van der Waals surface area contributed by atoms with E-state index in [1.165, 1.54) is 74.6 Å². The molecule has 2 aromatic rings. The van der Waals surface area contributed by atoms with Crippen LogP contribution in [0.15, 0.2) is 48.0 Å². The number of allylic oxidation sites excluding steroid dienone is 2. The lowest BCUT2D eigenvalue weighted by atomic mass is 9.73. The minimum Gasteiger partial charge on any atom is -0.207 e. The van der Waals surface area contributed by atoms with E-state index in [1.807, 2.05) is 6.07 Å². The van der Waals surface area contributed by atoms with E-state index in [0.717, 1.165) is 29.9 Å². The molecule has 1 saturated carbocycles. The van der Waals surface area contributed by atoms with Crippen molar-refractivity contribution in [1.29, 1.82) is 0 Å². The smallest absolute Gasteiger partial charge is 0.131 e. The van der Waals surface area contributed by atoms with Crippen molar-refractivity contribution >= 4 is 0 Å². The summed E-state index contributed by atoms with van der Waals surface area (Å²) in [6.07, 6.45) is 15.0. The van der Waals surface area contributed by atoms with Crippen molar-refractivity contribution in [1.82, 2.24) is 0 Å². The van der Waals surface area contributed by atoms with Crippen molar-refractivity contribution in [2.75, 3.05) is 0 Å². The summed E-state index contributed by atoms with van der Waals surface area (Å²) in [6.45, 7) is 2.27. The van der Waals surface area contributed by atoms with E-state index in [0.29, 0.717) is 11.5 Å². The third-order valence-corrected chi connectivity index (χ3v) is 7.01. The van der Waals surface area contributed by atoms with Crippen molar-refractivity contribution in [3.8, 4) is 11.1 Å². The Kier molecular flexibility index (Phi) is 6.47. The second-order valence-corrected chi connectivity index (χ2v) is 8.98. The number of benzene rings is 2. The fraction of sp³-hybridized carbons (Fsp3) is 0.481. The Morgan fingerprint density at radius 1 is 0.897 bits per heavy atom. The lowest BCUT2D eigenvalue weighted by Gasteiger charge is -2.32. The van der Waals surface area contributed by atoms with E-state index in [4.69, 9.17) is 0 Å². The molecule has 0 radical (unpaired) electrons. The molecule has 0 bridgehead atoms. The van der Waals surface area contributed by atoms with Gasteiger partial charge in [-0.1, -0.05) is 56.4 Å². The first-order valence-electron chi connectivity index (χ1n) is 11.4. The zero-order valence-corrected chi connectivity index (χ0v) is 17.5. The predicted molar refractivity (Wildman–Crippen MR) is 117 cm³/mol. The molecule has 2 aliphatic rings. The Morgan fingerprint density at radius 3 is 2.38 bits per heavy atom. The van der Waals surface area contributed by atoms with E-state index >= 15 is 0 Å². The maximum Gasteiger partial charge on any atom is 0.131 e. The summed E-state index contributed by atoms with van der Waals surface area (Å²) in [6, 6.07) is 9.79. The maximum absolute atomic E-state index is 14.8. The van der Waals surface area contributed by atoms with Crippen LogP contribution < -0.4 is 0 Å². The standard InChI is InChI=1S/C27H32F2/c1-2-3-4-5-19-6-8-20(9-7-19)22-10-11-23-17-26(27(29)18-24(23)16-22)21-12-14-25(28)15-13-21/h10,12-15,17-20H,2-9,11,16H2,1H3. The molecule has 2 aliphatic carbocycles. The average Bonchev–Trinajstić information content (AvgIpc) is 2.74. The van der Waals surface area contributed by atoms with Gasteiger partial charge in [0.1, 0.15) is 11.6 Å². The second-order valence-electron chi connectivity index (χ2n) is 8.98. The largest absolute Gasteiger partial charge is 0.207 e. The summed E-state index contributed by atoms with van der Waals surface area (Å²) in [5, 5.41) is 0. The highest BCUT2D eigenvalue weighted by Crippen LogP contribution is 2.39. The molecule has 0 nitrogen and oxygen atoms in total. The molecule has 0 aromatic heterocycles. The van der Waals surface area contributed by atoms with E-state index in [1.54, 1.807) is 18.2 Å². The van der Waals surface area contributed by atoms with Crippen LogP contribution >= 0.6 is 0 Å². The quantitative estimate of drug-likeness (QED) is 0.343. The molecule has 2 aromatic carbocycles. The Bertz CT molecular complexity index is 855. The predicted octanol–water partition coefficient (Wildman–Crippen LogP) is 8.04. The van der Waals surface area contributed by atoms with Crippen LogP contribution in [-0.4, -0.2) is 0 Å². The van der Waals surface area contributed by atoms with Crippen molar-refractivity contribution < 1.29 is 8.78 Å². The van der Waals surface area contributed by atoms with Gasteiger partial charge in [-0.15, -0.1) is 0 Å². The summed E-state index contributed by atoms with van der Waals surface area (Å²) < 4.78 is 28.0. The van der Waals surface area contributed by atoms with Gasteiger partial charge in [-0.05, 0) is 91.3 Å². The van der Waals surface area contributed by atoms with Crippen LogP contribution in [0.25, 0.3) is 11.1 Å². The molecule has 4 rings (SSSR count). The number of hydrogen-bond donors (Lipinski definition) is 0. The molecule has 0 heterocycles. The third kappa shape index (κ3) is 4.79. The molecular weight excluding hydrogens is 362 g/mol. The average molecular weight is 395 g/mol. The summed E-state index contributed by atoms with van der Waals surface area (Å²) >= 11 is 0. The van der Waals surface area contributed by atoms with Gasteiger partial charge in [0.2, 0.25) is 0 Å². The molecule has 0 N–H and O–H groups in total. The topological polar surface area (TPSA) is 0 Å². The molecular formula is C27H32F2. The first-order valence-corrected chi connectivity index (χ1v) is 11.4. The van der Waals surface area contributed by atoms with Crippen molar-refractivity contribution in [3.05, 3.63) is 70.8 Å². The van der Waals surface area contributed by atoms with Crippen LogP contribution in [0.4, 0.5) is 8.78 Å². The molecule has 29 heavy (non-hydrogen) atoms. The number of rotatable bonds is 6. The van der Waals surface area contributed by atoms with Crippen molar-refractivity contribution in [2.24, 2.45) is 11.8 Å². The van der Waals surface area contributed by atoms with Gasteiger partial charge in [-0.2, -0.15) is 0 Å². The van der Waals surface area contributed by atoms with Gasteiger partial charge in [0.15, 0.2) is 0 Å². The van der Waals surface area contributed by atoms with Crippen molar-refractivity contribution in [2.45, 2.75) is 71.1 Å². The Balaban J connectivity index is 1.41. The Labute approximate surface area is 174 Å². The molecule has 154 valence electrons. The first kappa shape index (κ1) is 20.3. The number of hydrogen-bond acceptors (Lipinski definition) is 0. The van der Waals surface area contributed by atoms with Gasteiger partial charge in [-0.25, -0.2) is 8.78 Å². The first-order chi connectivity index (χ1) is 14.1. The minimum absolute atomic E-state index is 0.198. The third-order valence-electron chi connectivity index (χ3n) is 7.01. The van der Waals surface area contributed by atoms with E-state index < -0.39 is 0 Å². The van der Waals surface area contributed by atoms with Crippen LogP contribution in [0.5, 0.6) is 0 Å². The van der Waals surface area contributed by atoms with E-state index in [-0.39, 0.29) is 11.6 Å². The number of halogens is 2. The van der Waals surface area contributed by atoms with Crippen molar-refractivity contribution in [3.63, 3.8) is 0 Å². The minimum atomic E-state index is -0.292. The second kappa shape index (κ2) is 9.24. The van der Waals surface area contributed by atoms with Gasteiger partial charge in [0.05, 0.1) is 0 Å². The maximum atomic E-state index is 14.8. The van der Waals surface area contributed by atoms with Crippen LogP contribution in [0, 0.1) is 23.5 Å². The SMILES string of the molecule is CCCCCC1CCC(C2=CCc3cc(-c4ccc(F)cc4)c(F)cc3C2)CC1. The monoisotopic (exact) mass is 394 g/mol. The highest BCUT2D eigenvalue weighted by atomic mass is 19.1. The summed E-state index contributed by atoms with van der Waals surface area (Å²) in [4.78, 5) is 0. The fourth-order valence-electron chi connectivity index (χ4n) is 5.21. The number of unbranched alkanes of at least 4 members (excludes halogenated alkanes) is 2. The molecule has 0 unspecified atom stereocenters. The normalized spacial score (nSPS) is 21.6. The number of fused-ring (bicyclic) bond motifs is 1. The van der Waals surface area contributed by atoms with E-state index in [2.05, 4.69) is 13.0 Å². The zero-order chi connectivity index (χ0) is 20.2. The van der Waals surface area contributed by atoms with Gasteiger partial charge in [0.25, 0.3) is 0 Å². The molecule has 0 amide bonds. The lowest BCUT2D eigenvalue weighted by molar-refractivity contribution is 0.279. The molecule has 1 fully saturated rings. The van der Waals surface area contributed by atoms with Crippen LogP contribution in [-0.2, 0) is 12.8 Å². The van der Waals surface area contributed by atoms with E-state index in [9.17, 15) is 8.78 Å². The molecule has 0 aliphatic heterocycles. The van der Waals surface area contributed by atoms with Gasteiger partial charge >= 0.3 is 0 Å². The van der Waals surface area contributed by atoms with Crippen LogP contribution in [0.2, 0.25) is 0 Å². The zero-order valence-electron chi connectivity index (χ0n) is 17.5. The summed E-state index contributed by atoms with van der Waals surface area (Å²) in [5.74, 6) is 1.12. The Hall–Kier alpha value is -1.96. The summed E-state index contributed by atoms with van der Waals surface area (Å²) in [5.41, 5.74) is 5.19. The fourth-order valence-corrected chi connectivity index (χ4v) is 5.21. The van der Waals surface area contributed by atoms with Gasteiger partial charge in [0, 0.05) is 5.56 Å². The summed E-state index contributed by atoms with van der Waals surface area (Å²) in [7, 11) is 0. The van der Waals surface area contributed by atoms with Crippen LogP contribution in [0.3, 0.4) is 0 Å². The Morgan fingerprint density at radius 2 is 1.66 bits per heavy atom. The van der Waals surface area contributed by atoms with Crippen LogP contribution in [0.1, 0.15) is 69.4 Å². The van der Waals surface area contributed by atoms with Gasteiger partial charge < -0.3 is 0 Å². The van der Waals surface area contributed by atoms with Gasteiger partial charge in [-0.3, -0.25) is 0 Å².